The molecule has 104 valence electrons. The molecule has 8 heteroatoms. The molecule has 6 nitrogen and oxygen atoms in total. The van der Waals surface area contributed by atoms with Crippen LogP contribution in [0.5, 0.6) is 0 Å². The number of carbonyl (C=O) groups is 1. The minimum absolute atomic E-state index is 0.0674. The largest absolute Gasteiger partial charge is 0.394 e. The zero-order valence-electron chi connectivity index (χ0n) is 10.4. The van der Waals surface area contributed by atoms with Crippen LogP contribution in [-0.2, 0) is 13.1 Å². The highest BCUT2D eigenvalue weighted by atomic mass is 19.1. The molecule has 0 saturated heterocycles. The second kappa shape index (κ2) is 4.55. The molecule has 0 aliphatic carbocycles. The topological polar surface area (TPSA) is 77.0 Å². The fourth-order valence-corrected chi connectivity index (χ4v) is 2.13. The monoisotopic (exact) mass is 279 g/mol. The number of amides is 1. The normalized spacial score (nSPS) is 14.2. The van der Waals surface area contributed by atoms with E-state index < -0.39 is 23.2 Å². The third kappa shape index (κ3) is 1.98. The summed E-state index contributed by atoms with van der Waals surface area (Å²) >= 11 is 0. The maximum absolute atomic E-state index is 13.4. The highest BCUT2D eigenvalue weighted by Gasteiger charge is 2.24. The van der Waals surface area contributed by atoms with Crippen LogP contribution in [0.25, 0.3) is 0 Å². The van der Waals surface area contributed by atoms with Gasteiger partial charge in [-0.3, -0.25) is 4.79 Å². The van der Waals surface area contributed by atoms with Crippen LogP contribution in [0.15, 0.2) is 18.5 Å². The van der Waals surface area contributed by atoms with Gasteiger partial charge in [-0.05, 0) is 12.1 Å². The standard InChI is InChI=1S/C12H11F2N5O/c13-8-3-7(4-9(14)11(8)15)12(20)18-1-2-19-6-16-17-10(19)5-18/h3-4,6H,1-2,5,15H2. The minimum atomic E-state index is -0.937. The van der Waals surface area contributed by atoms with Crippen molar-refractivity contribution in [2.45, 2.75) is 13.1 Å². The van der Waals surface area contributed by atoms with Crippen LogP contribution in [0.4, 0.5) is 14.5 Å². The Labute approximate surface area is 112 Å². The number of anilines is 1. The van der Waals surface area contributed by atoms with Gasteiger partial charge in [-0.15, -0.1) is 10.2 Å². The molecule has 20 heavy (non-hydrogen) atoms. The Hall–Kier alpha value is -2.51. The fourth-order valence-electron chi connectivity index (χ4n) is 2.13. The summed E-state index contributed by atoms with van der Waals surface area (Å²) in [5.74, 6) is -1.69. The summed E-state index contributed by atoms with van der Waals surface area (Å²) in [6, 6.07) is 1.89. The number of hydrogen-bond acceptors (Lipinski definition) is 4. The van der Waals surface area contributed by atoms with E-state index in [2.05, 4.69) is 10.2 Å². The van der Waals surface area contributed by atoms with Crippen molar-refractivity contribution < 1.29 is 13.6 Å². The van der Waals surface area contributed by atoms with Crippen molar-refractivity contribution in [3.05, 3.63) is 41.5 Å². The summed E-state index contributed by atoms with van der Waals surface area (Å²) in [6.45, 7) is 1.23. The van der Waals surface area contributed by atoms with Crippen molar-refractivity contribution in [1.82, 2.24) is 19.7 Å². The fraction of sp³-hybridized carbons (Fsp3) is 0.250. The SMILES string of the molecule is Nc1c(F)cc(C(=O)N2CCn3cnnc3C2)cc1F. The second-order valence-corrected chi connectivity index (χ2v) is 4.52. The highest BCUT2D eigenvalue weighted by molar-refractivity contribution is 5.94. The van der Waals surface area contributed by atoms with E-state index in [1.54, 1.807) is 6.33 Å². The summed E-state index contributed by atoms with van der Waals surface area (Å²) in [5.41, 5.74) is 4.53. The van der Waals surface area contributed by atoms with Gasteiger partial charge in [-0.1, -0.05) is 0 Å². The molecule has 3 rings (SSSR count). The first-order valence-electron chi connectivity index (χ1n) is 5.96. The maximum atomic E-state index is 13.4. The molecule has 0 bridgehead atoms. The average Bonchev–Trinajstić information content (AvgIpc) is 2.90. The predicted octanol–water partition coefficient (Wildman–Crippen LogP) is 0.794. The lowest BCUT2D eigenvalue weighted by Crippen LogP contribution is -2.38. The number of fused-ring (bicyclic) bond motifs is 1. The van der Waals surface area contributed by atoms with Crippen molar-refractivity contribution >= 4 is 11.6 Å². The van der Waals surface area contributed by atoms with Crippen LogP contribution in [0.2, 0.25) is 0 Å². The Morgan fingerprint density at radius 1 is 1.25 bits per heavy atom. The van der Waals surface area contributed by atoms with Gasteiger partial charge in [-0.25, -0.2) is 8.78 Å². The number of halogens is 2. The number of nitrogens with two attached hydrogens (primary N) is 1. The summed E-state index contributed by atoms with van der Waals surface area (Å²) in [5, 5.41) is 7.63. The van der Waals surface area contributed by atoms with Crippen molar-refractivity contribution in [2.24, 2.45) is 0 Å². The van der Waals surface area contributed by atoms with Gasteiger partial charge in [0.1, 0.15) is 23.6 Å². The van der Waals surface area contributed by atoms with Crippen LogP contribution >= 0.6 is 0 Å². The molecule has 0 fully saturated rings. The summed E-state index contributed by atoms with van der Waals surface area (Å²) < 4.78 is 28.6. The predicted molar refractivity (Wildman–Crippen MR) is 65.5 cm³/mol. The number of nitrogens with zero attached hydrogens (tertiary/aromatic N) is 4. The number of aromatic nitrogens is 3. The lowest BCUT2D eigenvalue weighted by molar-refractivity contribution is 0.0706. The zero-order chi connectivity index (χ0) is 14.3. The second-order valence-electron chi connectivity index (χ2n) is 4.52. The zero-order valence-corrected chi connectivity index (χ0v) is 10.4. The molecule has 0 atom stereocenters. The van der Waals surface area contributed by atoms with Gasteiger partial charge < -0.3 is 15.2 Å². The Balaban J connectivity index is 1.87. The number of hydrogen-bond donors (Lipinski definition) is 1. The number of rotatable bonds is 1. The molecule has 2 heterocycles. The van der Waals surface area contributed by atoms with Crippen LogP contribution in [0.1, 0.15) is 16.2 Å². The first-order chi connectivity index (χ1) is 9.56. The van der Waals surface area contributed by atoms with E-state index in [0.29, 0.717) is 18.9 Å². The van der Waals surface area contributed by atoms with Crippen LogP contribution in [0.3, 0.4) is 0 Å². The Bertz CT molecular complexity index is 661. The van der Waals surface area contributed by atoms with E-state index in [4.69, 9.17) is 5.73 Å². The van der Waals surface area contributed by atoms with Gasteiger partial charge in [-0.2, -0.15) is 0 Å². The van der Waals surface area contributed by atoms with Gasteiger partial charge in [0.2, 0.25) is 0 Å². The molecule has 0 unspecified atom stereocenters. The van der Waals surface area contributed by atoms with E-state index in [0.717, 1.165) is 12.1 Å². The Kier molecular flexibility index (Phi) is 2.85. The van der Waals surface area contributed by atoms with Crippen LogP contribution < -0.4 is 5.73 Å². The number of carbonyl (C=O) groups excluding carboxylic acids is 1. The molecular weight excluding hydrogens is 268 g/mol. The smallest absolute Gasteiger partial charge is 0.254 e. The Morgan fingerprint density at radius 3 is 2.65 bits per heavy atom. The lowest BCUT2D eigenvalue weighted by Gasteiger charge is -2.27. The van der Waals surface area contributed by atoms with Gasteiger partial charge in [0.15, 0.2) is 5.82 Å². The molecule has 1 aliphatic rings. The summed E-state index contributed by atoms with van der Waals surface area (Å²) in [7, 11) is 0. The quantitative estimate of drug-likeness (QED) is 0.783. The van der Waals surface area contributed by atoms with Crippen LogP contribution in [-0.4, -0.2) is 32.1 Å². The van der Waals surface area contributed by atoms with E-state index in [9.17, 15) is 13.6 Å². The van der Waals surface area contributed by atoms with E-state index >= 15 is 0 Å². The molecule has 0 radical (unpaired) electrons. The number of benzene rings is 1. The van der Waals surface area contributed by atoms with E-state index in [1.165, 1.54) is 4.90 Å². The molecule has 1 aliphatic heterocycles. The van der Waals surface area contributed by atoms with E-state index in [-0.39, 0.29) is 12.1 Å². The first-order valence-corrected chi connectivity index (χ1v) is 5.96. The minimum Gasteiger partial charge on any atom is -0.394 e. The third-order valence-electron chi connectivity index (χ3n) is 3.25. The summed E-state index contributed by atoms with van der Waals surface area (Å²) in [6.07, 6.45) is 1.58. The molecule has 2 N–H and O–H groups in total. The van der Waals surface area contributed by atoms with Gasteiger partial charge in [0, 0.05) is 18.7 Å². The molecule has 1 amide bonds. The van der Waals surface area contributed by atoms with Gasteiger partial charge in [0.25, 0.3) is 5.91 Å². The molecule has 0 spiro atoms. The average molecular weight is 279 g/mol. The summed E-state index contributed by atoms with van der Waals surface area (Å²) in [4.78, 5) is 13.7. The van der Waals surface area contributed by atoms with Crippen molar-refractivity contribution in [3.63, 3.8) is 0 Å². The van der Waals surface area contributed by atoms with Crippen molar-refractivity contribution in [3.8, 4) is 0 Å². The third-order valence-corrected chi connectivity index (χ3v) is 3.25. The molecule has 1 aromatic carbocycles. The number of nitrogen functional groups attached to an aromatic ring is 1. The van der Waals surface area contributed by atoms with E-state index in [1.807, 2.05) is 4.57 Å². The van der Waals surface area contributed by atoms with Crippen LogP contribution in [0, 0.1) is 11.6 Å². The molecular formula is C12H11F2N5O. The molecule has 0 saturated carbocycles. The van der Waals surface area contributed by atoms with Crippen molar-refractivity contribution in [1.29, 1.82) is 0 Å². The Morgan fingerprint density at radius 2 is 1.95 bits per heavy atom. The maximum Gasteiger partial charge on any atom is 0.254 e. The first kappa shape index (κ1) is 12.5. The van der Waals surface area contributed by atoms with Gasteiger partial charge >= 0.3 is 0 Å². The van der Waals surface area contributed by atoms with Gasteiger partial charge in [0.05, 0.1) is 6.54 Å². The lowest BCUT2D eigenvalue weighted by atomic mass is 10.1. The highest BCUT2D eigenvalue weighted by Crippen LogP contribution is 2.20. The molecule has 2 aromatic rings. The van der Waals surface area contributed by atoms with Crippen molar-refractivity contribution in [2.75, 3.05) is 12.3 Å². The molecule has 1 aromatic heterocycles.